The maximum atomic E-state index is 11.5. The molecule has 1 aromatic rings. The zero-order chi connectivity index (χ0) is 26.4. The lowest BCUT2D eigenvalue weighted by atomic mass is 9.52. The molecule has 2 saturated carbocycles. The maximum absolute atomic E-state index is 11.5. The molecule has 0 amide bonds. The third-order valence-corrected chi connectivity index (χ3v) is 9.25. The van der Waals surface area contributed by atoms with Crippen LogP contribution < -0.4 is 0 Å². The van der Waals surface area contributed by atoms with Crippen molar-refractivity contribution in [1.82, 2.24) is 0 Å². The molecule has 2 fully saturated rings. The van der Waals surface area contributed by atoms with E-state index in [1.807, 2.05) is 31.2 Å². The molecule has 0 heterocycles. The molecule has 5 unspecified atom stereocenters. The van der Waals surface area contributed by atoms with Crippen molar-refractivity contribution in [3.05, 3.63) is 101 Å². The Bertz CT molecular complexity index is 1110. The smallest absolute Gasteiger partial charge is 0.143 e. The molecular weight excluding hydrogens is 452 g/mol. The largest absolute Gasteiger partial charge is 0.495 e. The number of hydrogen-bond donors (Lipinski definition) is 0. The van der Waals surface area contributed by atoms with Crippen LogP contribution in [-0.4, -0.2) is 12.9 Å². The highest BCUT2D eigenvalue weighted by Gasteiger charge is 2.55. The number of benzene rings is 1. The zero-order valence-electron chi connectivity index (χ0n) is 23.0. The van der Waals surface area contributed by atoms with Crippen molar-refractivity contribution in [3.63, 3.8) is 0 Å². The van der Waals surface area contributed by atoms with Crippen molar-refractivity contribution in [2.45, 2.75) is 71.6 Å². The normalized spacial score (nSPS) is 30.5. The third kappa shape index (κ3) is 5.54. The second kappa shape index (κ2) is 12.1. The SMILES string of the molecule is C=CC1CCC2C3CC/C(=C/C=O)C(CCC)=C3C(c3ccc(/C=C/C=C/C(=C)OCC)cc3)CC12C. The highest BCUT2D eigenvalue weighted by Crippen LogP contribution is 2.65. The Morgan fingerprint density at radius 2 is 1.92 bits per heavy atom. The van der Waals surface area contributed by atoms with Crippen LogP contribution >= 0.6 is 0 Å². The first-order valence-corrected chi connectivity index (χ1v) is 14.2. The second-order valence-corrected chi connectivity index (χ2v) is 11.2. The van der Waals surface area contributed by atoms with Crippen molar-refractivity contribution in [2.75, 3.05) is 6.61 Å². The van der Waals surface area contributed by atoms with Crippen molar-refractivity contribution in [3.8, 4) is 0 Å². The van der Waals surface area contributed by atoms with Gasteiger partial charge in [0.25, 0.3) is 0 Å². The van der Waals surface area contributed by atoms with Crippen LogP contribution in [0, 0.1) is 23.2 Å². The molecule has 2 heteroatoms. The average molecular weight is 497 g/mol. The molecule has 196 valence electrons. The van der Waals surface area contributed by atoms with E-state index in [1.54, 1.807) is 5.57 Å². The van der Waals surface area contributed by atoms with E-state index in [2.05, 4.69) is 63.4 Å². The Labute approximate surface area is 224 Å². The minimum absolute atomic E-state index is 0.288. The Hall–Kier alpha value is -2.87. The minimum Gasteiger partial charge on any atom is -0.495 e. The summed E-state index contributed by atoms with van der Waals surface area (Å²) in [4.78, 5) is 11.5. The molecule has 5 atom stereocenters. The van der Waals surface area contributed by atoms with Gasteiger partial charge in [-0.15, -0.1) is 6.58 Å². The van der Waals surface area contributed by atoms with E-state index in [0.29, 0.717) is 36.0 Å². The first kappa shape index (κ1) is 27.2. The van der Waals surface area contributed by atoms with Gasteiger partial charge >= 0.3 is 0 Å². The molecule has 4 rings (SSSR count). The first-order chi connectivity index (χ1) is 18.0. The highest BCUT2D eigenvalue weighted by molar-refractivity contribution is 5.69. The standard InChI is InChI=1S/C35H44O2/c1-6-11-30-28(22-23-36)18-20-31-33-21-19-29(7-2)35(33,5)24-32(34(30)31)27-16-14-26(15-17-27)13-10-9-12-25(4)37-8-3/h7,9-10,12-17,22-23,29,31-33H,2,4,6,8,11,18-21,24H2,1,3,5H3/b12-9+,13-10+,28-22-. The quantitative estimate of drug-likeness (QED) is 0.106. The summed E-state index contributed by atoms with van der Waals surface area (Å²) >= 11 is 0. The number of rotatable bonds is 10. The van der Waals surface area contributed by atoms with E-state index >= 15 is 0 Å². The summed E-state index contributed by atoms with van der Waals surface area (Å²) in [5, 5.41) is 0. The summed E-state index contributed by atoms with van der Waals surface area (Å²) in [5.74, 6) is 2.99. The predicted octanol–water partition coefficient (Wildman–Crippen LogP) is 9.14. The van der Waals surface area contributed by atoms with Crippen molar-refractivity contribution < 1.29 is 9.53 Å². The molecule has 0 aliphatic heterocycles. The molecule has 1 aromatic carbocycles. The fourth-order valence-electron chi connectivity index (χ4n) is 7.63. The third-order valence-electron chi connectivity index (χ3n) is 9.25. The Morgan fingerprint density at radius 3 is 2.59 bits per heavy atom. The number of aldehydes is 1. The molecule has 0 N–H and O–H groups in total. The Morgan fingerprint density at radius 1 is 1.14 bits per heavy atom. The fourth-order valence-corrected chi connectivity index (χ4v) is 7.63. The van der Waals surface area contributed by atoms with Crippen molar-refractivity contribution in [1.29, 1.82) is 0 Å². The average Bonchev–Trinajstić information content (AvgIpc) is 3.24. The zero-order valence-corrected chi connectivity index (χ0v) is 23.0. The predicted molar refractivity (Wildman–Crippen MR) is 156 cm³/mol. The molecule has 2 nitrogen and oxygen atoms in total. The molecule has 37 heavy (non-hydrogen) atoms. The lowest BCUT2D eigenvalue weighted by Crippen LogP contribution is -2.42. The van der Waals surface area contributed by atoms with Crippen LogP contribution in [0.2, 0.25) is 0 Å². The van der Waals surface area contributed by atoms with Crippen LogP contribution in [0.1, 0.15) is 82.8 Å². The number of hydrogen-bond acceptors (Lipinski definition) is 2. The Balaban J connectivity index is 1.70. The highest BCUT2D eigenvalue weighted by atomic mass is 16.5. The van der Waals surface area contributed by atoms with Crippen LogP contribution in [-0.2, 0) is 9.53 Å². The van der Waals surface area contributed by atoms with E-state index in [0.717, 1.165) is 25.5 Å². The lowest BCUT2D eigenvalue weighted by Gasteiger charge is -2.52. The van der Waals surface area contributed by atoms with Crippen LogP contribution in [0.15, 0.2) is 90.3 Å². The number of carbonyl (C=O) groups is 1. The summed E-state index contributed by atoms with van der Waals surface area (Å²) in [5.41, 5.74) is 7.31. The molecule has 0 radical (unpaired) electrons. The molecule has 3 aliphatic rings. The van der Waals surface area contributed by atoms with Gasteiger partial charge in [0, 0.05) is 5.92 Å². The topological polar surface area (TPSA) is 26.3 Å². The number of carbonyl (C=O) groups excluding carboxylic acids is 1. The van der Waals surface area contributed by atoms with E-state index in [4.69, 9.17) is 4.74 Å². The summed E-state index contributed by atoms with van der Waals surface area (Å²) in [6, 6.07) is 9.15. The van der Waals surface area contributed by atoms with Crippen LogP contribution in [0.4, 0.5) is 0 Å². The fraction of sp³-hybridized carbons (Fsp3) is 0.457. The van der Waals surface area contributed by atoms with Gasteiger partial charge in [-0.05, 0) is 103 Å². The Kier molecular flexibility index (Phi) is 8.90. The molecule has 3 aliphatic carbocycles. The minimum atomic E-state index is 0.288. The van der Waals surface area contributed by atoms with Gasteiger partial charge < -0.3 is 4.74 Å². The molecule has 0 spiro atoms. The van der Waals surface area contributed by atoms with Gasteiger partial charge in [-0.1, -0.05) is 81.0 Å². The number of fused-ring (bicyclic) bond motifs is 3. The van der Waals surface area contributed by atoms with Gasteiger partial charge in [-0.3, -0.25) is 4.79 Å². The first-order valence-electron chi connectivity index (χ1n) is 14.2. The van der Waals surface area contributed by atoms with Crippen LogP contribution in [0.5, 0.6) is 0 Å². The van der Waals surface area contributed by atoms with Gasteiger partial charge in [0.15, 0.2) is 0 Å². The van der Waals surface area contributed by atoms with E-state index in [-0.39, 0.29) is 5.41 Å². The summed E-state index contributed by atoms with van der Waals surface area (Å²) in [6.07, 6.45) is 21.2. The number of ether oxygens (including phenoxy) is 1. The molecule has 0 saturated heterocycles. The van der Waals surface area contributed by atoms with E-state index in [9.17, 15) is 4.79 Å². The van der Waals surface area contributed by atoms with Crippen molar-refractivity contribution in [2.24, 2.45) is 23.2 Å². The second-order valence-electron chi connectivity index (χ2n) is 11.2. The van der Waals surface area contributed by atoms with Gasteiger partial charge in [0.05, 0.1) is 6.61 Å². The summed E-state index contributed by atoms with van der Waals surface area (Å²) in [6.45, 7) is 15.5. The number of allylic oxidation sites excluding steroid dienone is 8. The lowest BCUT2D eigenvalue weighted by molar-refractivity contribution is -0.104. The summed E-state index contributed by atoms with van der Waals surface area (Å²) < 4.78 is 5.37. The summed E-state index contributed by atoms with van der Waals surface area (Å²) in [7, 11) is 0. The van der Waals surface area contributed by atoms with Gasteiger partial charge in [0.1, 0.15) is 12.0 Å². The monoisotopic (exact) mass is 496 g/mol. The molecular formula is C35H44O2. The van der Waals surface area contributed by atoms with E-state index < -0.39 is 0 Å². The van der Waals surface area contributed by atoms with Crippen LogP contribution in [0.3, 0.4) is 0 Å². The van der Waals surface area contributed by atoms with E-state index in [1.165, 1.54) is 48.0 Å². The maximum Gasteiger partial charge on any atom is 0.143 e. The van der Waals surface area contributed by atoms with Crippen LogP contribution in [0.25, 0.3) is 6.08 Å². The van der Waals surface area contributed by atoms with Crippen molar-refractivity contribution >= 4 is 12.4 Å². The van der Waals surface area contributed by atoms with Gasteiger partial charge in [-0.25, -0.2) is 0 Å². The molecule has 0 aromatic heterocycles. The van der Waals surface area contributed by atoms with Gasteiger partial charge in [0.2, 0.25) is 0 Å². The van der Waals surface area contributed by atoms with Gasteiger partial charge in [-0.2, -0.15) is 0 Å². The molecule has 0 bridgehead atoms.